The van der Waals surface area contributed by atoms with Gasteiger partial charge in [-0.05, 0) is 24.3 Å². The van der Waals surface area contributed by atoms with E-state index in [0.29, 0.717) is 5.75 Å². The number of amides is 1. The molecule has 1 aliphatic rings. The highest BCUT2D eigenvalue weighted by Gasteiger charge is 2.44. The minimum atomic E-state index is -3.88. The Labute approximate surface area is 139 Å². The van der Waals surface area contributed by atoms with Crippen molar-refractivity contribution in [3.8, 4) is 5.75 Å². The Morgan fingerprint density at radius 2 is 1.92 bits per heavy atom. The number of carbonyl (C=O) groups excluding carboxylic acids is 1. The van der Waals surface area contributed by atoms with Crippen molar-refractivity contribution in [2.24, 2.45) is 5.73 Å². The molecule has 0 spiro atoms. The number of nitrogens with zero attached hydrogens (tertiary/aromatic N) is 3. The molecule has 0 unspecified atom stereocenters. The lowest BCUT2D eigenvalue weighted by Crippen LogP contribution is -2.43. The lowest BCUT2D eigenvalue weighted by molar-refractivity contribution is -0.121. The Bertz CT molecular complexity index is 814. The minimum Gasteiger partial charge on any atom is -0.487 e. The van der Waals surface area contributed by atoms with Crippen LogP contribution in [-0.2, 0) is 14.8 Å². The summed E-state index contributed by atoms with van der Waals surface area (Å²) in [5, 5.41) is 0. The van der Waals surface area contributed by atoms with Gasteiger partial charge in [-0.1, -0.05) is 0 Å². The highest BCUT2D eigenvalue weighted by Crippen LogP contribution is 2.28. The molecule has 3 rings (SSSR count). The van der Waals surface area contributed by atoms with Gasteiger partial charge in [0.1, 0.15) is 22.8 Å². The molecule has 8 nitrogen and oxygen atoms in total. The molecule has 2 atom stereocenters. The van der Waals surface area contributed by atoms with E-state index in [2.05, 4.69) is 9.97 Å². The number of carbonyl (C=O) groups is 1. The lowest BCUT2D eigenvalue weighted by atomic mass is 10.2. The predicted octanol–water partition coefficient (Wildman–Crippen LogP) is 0.172. The summed E-state index contributed by atoms with van der Waals surface area (Å²) in [4.78, 5) is 19.5. The van der Waals surface area contributed by atoms with Crippen LogP contribution in [0, 0.1) is 0 Å². The molecule has 1 fully saturated rings. The average Bonchev–Trinajstić information content (AvgIpc) is 3.01. The van der Waals surface area contributed by atoms with Crippen LogP contribution in [0.25, 0.3) is 0 Å². The van der Waals surface area contributed by atoms with Gasteiger partial charge in [0, 0.05) is 25.0 Å². The van der Waals surface area contributed by atoms with Crippen LogP contribution in [-0.4, -0.2) is 47.3 Å². The normalized spacial score (nSPS) is 21.5. The molecule has 2 aromatic rings. The van der Waals surface area contributed by atoms with E-state index in [-0.39, 0.29) is 17.9 Å². The smallest absolute Gasteiger partial charge is 0.245 e. The van der Waals surface area contributed by atoms with Gasteiger partial charge in [0.15, 0.2) is 0 Å². The molecule has 126 valence electrons. The molecule has 1 amide bonds. The van der Waals surface area contributed by atoms with Crippen molar-refractivity contribution in [2.75, 3.05) is 6.54 Å². The molecule has 2 aromatic heterocycles. The van der Waals surface area contributed by atoms with Crippen molar-refractivity contribution >= 4 is 15.9 Å². The van der Waals surface area contributed by atoms with Crippen LogP contribution in [0.2, 0.25) is 0 Å². The Morgan fingerprint density at radius 1 is 1.21 bits per heavy atom. The van der Waals surface area contributed by atoms with Gasteiger partial charge >= 0.3 is 0 Å². The number of hydrogen-bond acceptors (Lipinski definition) is 6. The van der Waals surface area contributed by atoms with E-state index < -0.39 is 28.1 Å². The maximum Gasteiger partial charge on any atom is 0.245 e. The van der Waals surface area contributed by atoms with Crippen LogP contribution in [0.3, 0.4) is 0 Å². The number of nitrogens with two attached hydrogens (primary N) is 1. The predicted molar refractivity (Wildman–Crippen MR) is 84.4 cm³/mol. The first-order valence-electron chi connectivity index (χ1n) is 7.26. The van der Waals surface area contributed by atoms with E-state index in [1.54, 1.807) is 18.3 Å². The van der Waals surface area contributed by atoms with Gasteiger partial charge in [-0.2, -0.15) is 4.31 Å². The van der Waals surface area contributed by atoms with Crippen LogP contribution in [0.15, 0.2) is 53.9 Å². The summed E-state index contributed by atoms with van der Waals surface area (Å²) in [5.41, 5.74) is 5.39. The summed E-state index contributed by atoms with van der Waals surface area (Å²) in [6.07, 6.45) is 5.54. The van der Waals surface area contributed by atoms with Crippen molar-refractivity contribution in [3.05, 3.63) is 49.1 Å². The summed E-state index contributed by atoms with van der Waals surface area (Å²) >= 11 is 0. The molecular formula is C15H16N4O4S. The van der Waals surface area contributed by atoms with E-state index in [9.17, 15) is 13.2 Å². The number of sulfonamides is 1. The molecule has 0 aromatic carbocycles. The number of hydrogen-bond donors (Lipinski definition) is 1. The highest BCUT2D eigenvalue weighted by atomic mass is 32.2. The largest absolute Gasteiger partial charge is 0.487 e. The zero-order valence-corrected chi connectivity index (χ0v) is 13.5. The molecule has 1 aliphatic heterocycles. The molecule has 0 radical (unpaired) electrons. The first kappa shape index (κ1) is 16.3. The summed E-state index contributed by atoms with van der Waals surface area (Å²) in [7, 11) is -3.88. The van der Waals surface area contributed by atoms with E-state index >= 15 is 0 Å². The maximum absolute atomic E-state index is 12.8. The monoisotopic (exact) mass is 348 g/mol. The van der Waals surface area contributed by atoms with E-state index in [1.807, 2.05) is 0 Å². The third-order valence-corrected chi connectivity index (χ3v) is 5.58. The molecule has 3 heterocycles. The molecular weight excluding hydrogens is 332 g/mol. The van der Waals surface area contributed by atoms with Gasteiger partial charge in [0.25, 0.3) is 0 Å². The zero-order chi connectivity index (χ0) is 17.2. The molecule has 2 N–H and O–H groups in total. The first-order chi connectivity index (χ1) is 11.5. The number of ether oxygens (including phenoxy) is 1. The summed E-state index contributed by atoms with van der Waals surface area (Å²) in [5.74, 6) is -0.203. The Balaban J connectivity index is 1.85. The second-order valence-electron chi connectivity index (χ2n) is 5.35. The number of rotatable bonds is 5. The molecule has 24 heavy (non-hydrogen) atoms. The lowest BCUT2D eigenvalue weighted by Gasteiger charge is -2.21. The number of primary amides is 1. The summed E-state index contributed by atoms with van der Waals surface area (Å²) < 4.78 is 32.3. The zero-order valence-electron chi connectivity index (χ0n) is 12.6. The van der Waals surface area contributed by atoms with Crippen molar-refractivity contribution < 1.29 is 17.9 Å². The van der Waals surface area contributed by atoms with Crippen LogP contribution in [0.1, 0.15) is 6.42 Å². The molecule has 0 saturated carbocycles. The maximum atomic E-state index is 12.8. The molecule has 1 saturated heterocycles. The van der Waals surface area contributed by atoms with Crippen LogP contribution < -0.4 is 10.5 Å². The van der Waals surface area contributed by atoms with Gasteiger partial charge in [0.2, 0.25) is 15.9 Å². The van der Waals surface area contributed by atoms with E-state index in [4.69, 9.17) is 10.5 Å². The quantitative estimate of drug-likeness (QED) is 0.824. The number of aromatic nitrogens is 2. The summed E-state index contributed by atoms with van der Waals surface area (Å²) in [6, 6.07) is 5.41. The Hall–Kier alpha value is -2.52. The highest BCUT2D eigenvalue weighted by molar-refractivity contribution is 7.89. The fraction of sp³-hybridized carbons (Fsp3) is 0.267. The fourth-order valence-corrected chi connectivity index (χ4v) is 4.23. The van der Waals surface area contributed by atoms with Gasteiger partial charge < -0.3 is 10.5 Å². The van der Waals surface area contributed by atoms with Crippen LogP contribution in [0.4, 0.5) is 0 Å². The number of pyridine rings is 2. The van der Waals surface area contributed by atoms with Gasteiger partial charge in [-0.25, -0.2) is 8.42 Å². The first-order valence-corrected chi connectivity index (χ1v) is 8.70. The van der Waals surface area contributed by atoms with E-state index in [0.717, 1.165) is 4.31 Å². The van der Waals surface area contributed by atoms with Crippen LogP contribution >= 0.6 is 0 Å². The van der Waals surface area contributed by atoms with Gasteiger partial charge in [0.05, 0.1) is 12.7 Å². The standard InChI is InChI=1S/C15H16N4O4S/c16-15(20)14-7-12(23-11-3-1-5-17-8-11)10-19(14)24(21,22)13-4-2-6-18-9-13/h1-6,8-9,12,14H,7,10H2,(H2,16,20)/t12-,14-/m0/s1. The molecule has 0 bridgehead atoms. The fourth-order valence-electron chi connectivity index (χ4n) is 2.62. The second-order valence-corrected chi connectivity index (χ2v) is 7.24. The topological polar surface area (TPSA) is 115 Å². The Morgan fingerprint density at radius 3 is 2.50 bits per heavy atom. The minimum absolute atomic E-state index is 0.0123. The van der Waals surface area contributed by atoms with Gasteiger partial charge in [-0.15, -0.1) is 0 Å². The van der Waals surface area contributed by atoms with Gasteiger partial charge in [-0.3, -0.25) is 14.8 Å². The average molecular weight is 348 g/mol. The van der Waals surface area contributed by atoms with Crippen molar-refractivity contribution in [1.29, 1.82) is 0 Å². The second kappa shape index (κ2) is 6.54. The van der Waals surface area contributed by atoms with Crippen LogP contribution in [0.5, 0.6) is 5.75 Å². The van der Waals surface area contributed by atoms with Crippen molar-refractivity contribution in [1.82, 2.24) is 14.3 Å². The summed E-state index contributed by atoms with van der Waals surface area (Å²) in [6.45, 7) is 0.0275. The third kappa shape index (κ3) is 3.22. The molecule has 0 aliphatic carbocycles. The van der Waals surface area contributed by atoms with Crippen molar-refractivity contribution in [2.45, 2.75) is 23.5 Å². The third-order valence-electron chi connectivity index (χ3n) is 3.72. The van der Waals surface area contributed by atoms with Crippen molar-refractivity contribution in [3.63, 3.8) is 0 Å². The molecule has 9 heteroatoms. The SMILES string of the molecule is NC(=O)[C@@H]1C[C@H](Oc2cccnc2)CN1S(=O)(=O)c1cccnc1. The van der Waals surface area contributed by atoms with E-state index in [1.165, 1.54) is 30.7 Å². The Kier molecular flexibility index (Phi) is 4.45.